The second-order valence-electron chi connectivity index (χ2n) is 8.53. The van der Waals surface area contributed by atoms with Crippen molar-refractivity contribution in [2.24, 2.45) is 5.16 Å². The minimum atomic E-state index is -1.20. The highest BCUT2D eigenvalue weighted by atomic mass is 32.2. The van der Waals surface area contributed by atoms with Gasteiger partial charge in [0.05, 0.1) is 0 Å². The van der Waals surface area contributed by atoms with Crippen molar-refractivity contribution in [3.8, 4) is 0 Å². The van der Waals surface area contributed by atoms with Crippen LogP contribution in [-0.4, -0.2) is 67.9 Å². The Hall–Kier alpha value is -3.36. The molecule has 0 aliphatic carbocycles. The van der Waals surface area contributed by atoms with Gasteiger partial charge in [-0.3, -0.25) is 19.3 Å². The number of nitrogen functional groups attached to an aromatic ring is 1. The number of thioether (sulfide) groups is 2. The van der Waals surface area contributed by atoms with Gasteiger partial charge in [-0.05, 0) is 35.6 Å². The maximum Gasteiger partial charge on any atom is 0.352 e. The number of β-lactam (4-membered cyclic amide) rings is 1. The zero-order valence-corrected chi connectivity index (χ0v) is 23.2. The van der Waals surface area contributed by atoms with Crippen LogP contribution >= 0.6 is 34.9 Å². The number of rotatable bonds is 9. The summed E-state index contributed by atoms with van der Waals surface area (Å²) in [5, 5.41) is 17.6. The molecule has 2 aliphatic rings. The molecule has 14 heteroatoms. The van der Waals surface area contributed by atoms with Crippen LogP contribution in [0.4, 0.5) is 5.13 Å². The van der Waals surface area contributed by atoms with Crippen molar-refractivity contribution in [3.05, 3.63) is 57.2 Å². The maximum atomic E-state index is 13.1. The fourth-order valence-corrected chi connectivity index (χ4v) is 6.63. The van der Waals surface area contributed by atoms with Crippen molar-refractivity contribution in [2.45, 2.75) is 37.4 Å². The first-order valence-corrected chi connectivity index (χ1v) is 14.3. The Bertz CT molecular complexity index is 1370. The second kappa shape index (κ2) is 11.6. The lowest BCUT2D eigenvalue weighted by Crippen LogP contribution is -2.71. The summed E-state index contributed by atoms with van der Waals surface area (Å²) in [6.07, 6.45) is 0.365. The number of aliphatic carboxylic acids is 1. The first kappa shape index (κ1) is 27.7. The number of nitrogens with two attached hydrogens (primary N) is 1. The predicted molar refractivity (Wildman–Crippen MR) is 147 cm³/mol. The maximum absolute atomic E-state index is 13.1. The van der Waals surface area contributed by atoms with E-state index < -0.39 is 29.2 Å². The lowest BCUT2D eigenvalue weighted by molar-refractivity contribution is -0.150. The number of carbonyl (C=O) groups is 4. The lowest BCUT2D eigenvalue weighted by Gasteiger charge is -2.49. The van der Waals surface area contributed by atoms with E-state index in [0.29, 0.717) is 23.5 Å². The number of thiazole rings is 1. The number of aryl methyl sites for hydroxylation is 1. The number of hydrogen-bond donors (Lipinski definition) is 3. The standard InChI is InChI=1S/C24H25N5O6S3/c1-11-6-13(8-36-12(2)30)4-5-14(11)7-15-9-37-22-18(21(32)29(22)19(15)23(33)34)27-20(31)17(28-35-3)16-10-38-24(25)26-16/h4-6,10,18,22H,7-9H2,1-3H3,(H2,25,26)(H,27,31)(H,33,34). The quantitative estimate of drug-likeness (QED) is 0.229. The Balaban J connectivity index is 1.51. The Labute approximate surface area is 230 Å². The molecule has 1 saturated heterocycles. The van der Waals surface area contributed by atoms with Gasteiger partial charge in [-0.15, -0.1) is 23.1 Å². The van der Waals surface area contributed by atoms with Crippen LogP contribution in [0.15, 0.2) is 40.0 Å². The van der Waals surface area contributed by atoms with E-state index in [0.717, 1.165) is 28.0 Å². The fraction of sp³-hybridized carbons (Fsp3) is 0.333. The van der Waals surface area contributed by atoms with E-state index >= 15 is 0 Å². The van der Waals surface area contributed by atoms with Crippen LogP contribution in [0.2, 0.25) is 0 Å². The number of carboxylic acid groups (broad SMARTS) is 1. The Morgan fingerprint density at radius 1 is 1.37 bits per heavy atom. The average Bonchev–Trinajstić information content (AvgIpc) is 3.30. The molecule has 38 heavy (non-hydrogen) atoms. The molecule has 3 heterocycles. The molecule has 2 aromatic rings. The number of anilines is 1. The molecule has 2 unspecified atom stereocenters. The Morgan fingerprint density at radius 2 is 2.13 bits per heavy atom. The van der Waals surface area contributed by atoms with Gasteiger partial charge in [0.15, 0.2) is 16.0 Å². The van der Waals surface area contributed by atoms with Gasteiger partial charge >= 0.3 is 5.97 Å². The third-order valence-electron chi connectivity index (χ3n) is 5.95. The molecule has 2 amide bonds. The molecule has 11 nitrogen and oxygen atoms in total. The van der Waals surface area contributed by atoms with Gasteiger partial charge in [-0.1, -0.05) is 35.1 Å². The molecule has 4 N–H and O–H groups in total. The number of nitrogens with zero attached hydrogens (tertiary/aromatic N) is 3. The number of nitrogens with one attached hydrogen (secondary N) is 1. The van der Waals surface area contributed by atoms with Gasteiger partial charge < -0.3 is 21.0 Å². The first-order valence-electron chi connectivity index (χ1n) is 11.4. The molecule has 2 atom stereocenters. The molecule has 4 rings (SSSR count). The van der Waals surface area contributed by atoms with E-state index in [1.165, 1.54) is 42.5 Å². The summed E-state index contributed by atoms with van der Waals surface area (Å²) >= 11 is 3.74. The largest absolute Gasteiger partial charge is 0.477 e. The van der Waals surface area contributed by atoms with E-state index in [9.17, 15) is 24.3 Å². The van der Waals surface area contributed by atoms with E-state index in [-0.39, 0.29) is 27.3 Å². The van der Waals surface area contributed by atoms with Crippen molar-refractivity contribution in [1.29, 1.82) is 0 Å². The van der Waals surface area contributed by atoms with Gasteiger partial charge in [0, 0.05) is 23.8 Å². The number of hydrogen-bond acceptors (Lipinski definition) is 11. The molecule has 2 aliphatic heterocycles. The van der Waals surface area contributed by atoms with E-state index in [1.807, 2.05) is 25.1 Å². The molecule has 1 fully saturated rings. The van der Waals surface area contributed by atoms with E-state index in [2.05, 4.69) is 15.5 Å². The molecule has 1 aromatic heterocycles. The van der Waals surface area contributed by atoms with Crippen molar-refractivity contribution >= 4 is 68.6 Å². The molecule has 1 aromatic carbocycles. The molecule has 0 radical (unpaired) electrons. The zero-order valence-electron chi connectivity index (χ0n) is 20.7. The average molecular weight is 576 g/mol. The highest BCUT2D eigenvalue weighted by molar-refractivity contribution is 8.12. The number of oxime groups is 1. The van der Waals surface area contributed by atoms with Crippen LogP contribution in [0.25, 0.3) is 0 Å². The lowest BCUT2D eigenvalue weighted by atomic mass is 9.96. The summed E-state index contributed by atoms with van der Waals surface area (Å²) < 4.78 is 0. The normalized spacial score (nSPS) is 19.1. The SMILES string of the molecule is CON=C(C(=O)NC1C(=O)N2C(C(=O)O)=C(Cc3ccc(CSC(C)=O)cc3C)CSC12)c1csc(N)n1. The third kappa shape index (κ3) is 5.71. The monoisotopic (exact) mass is 575 g/mol. The van der Waals surface area contributed by atoms with Crippen LogP contribution < -0.4 is 11.1 Å². The number of carbonyl (C=O) groups excluding carboxylic acids is 3. The highest BCUT2D eigenvalue weighted by Gasteiger charge is 2.54. The molecule has 0 spiro atoms. The number of aromatic nitrogens is 1. The number of fused-ring (bicyclic) bond motifs is 1. The van der Waals surface area contributed by atoms with Gasteiger partial charge in [-0.2, -0.15) is 0 Å². The van der Waals surface area contributed by atoms with Crippen LogP contribution in [0, 0.1) is 6.92 Å². The van der Waals surface area contributed by atoms with Gasteiger partial charge in [0.1, 0.15) is 29.9 Å². The van der Waals surface area contributed by atoms with Crippen LogP contribution in [0.1, 0.15) is 29.3 Å². The highest BCUT2D eigenvalue weighted by Crippen LogP contribution is 2.41. The summed E-state index contributed by atoms with van der Waals surface area (Å²) in [7, 11) is 1.28. The van der Waals surface area contributed by atoms with E-state index in [4.69, 9.17) is 10.6 Å². The number of carboxylic acids is 1. The third-order valence-corrected chi connectivity index (χ3v) is 8.85. The number of amides is 2. The first-order chi connectivity index (χ1) is 18.1. The smallest absolute Gasteiger partial charge is 0.352 e. The van der Waals surface area contributed by atoms with Crippen molar-refractivity contribution in [2.75, 3.05) is 18.6 Å². The molecular formula is C24H25N5O6S3. The molecular weight excluding hydrogens is 550 g/mol. The predicted octanol–water partition coefficient (Wildman–Crippen LogP) is 2.15. The Morgan fingerprint density at radius 3 is 2.74 bits per heavy atom. The summed E-state index contributed by atoms with van der Waals surface area (Å²) in [5.41, 5.74) is 9.21. The summed E-state index contributed by atoms with van der Waals surface area (Å²) in [4.78, 5) is 59.5. The van der Waals surface area contributed by atoms with Crippen LogP contribution in [0.5, 0.6) is 0 Å². The zero-order chi connectivity index (χ0) is 27.6. The summed E-state index contributed by atoms with van der Waals surface area (Å²) in [6.45, 7) is 3.46. The molecule has 200 valence electrons. The second-order valence-corrected chi connectivity index (χ2v) is 11.7. The van der Waals surface area contributed by atoms with Crippen molar-refractivity contribution < 1.29 is 29.1 Å². The number of benzene rings is 1. The molecule has 0 bridgehead atoms. The minimum Gasteiger partial charge on any atom is -0.477 e. The molecule has 0 saturated carbocycles. The van der Waals surface area contributed by atoms with Gasteiger partial charge in [-0.25, -0.2) is 9.78 Å². The Kier molecular flexibility index (Phi) is 8.43. The minimum absolute atomic E-state index is 0.0421. The topological polar surface area (TPSA) is 164 Å². The summed E-state index contributed by atoms with van der Waals surface area (Å²) in [6, 6.07) is 4.91. The van der Waals surface area contributed by atoms with Crippen molar-refractivity contribution in [3.63, 3.8) is 0 Å². The van der Waals surface area contributed by atoms with Crippen molar-refractivity contribution in [1.82, 2.24) is 15.2 Å². The van der Waals surface area contributed by atoms with Crippen LogP contribution in [0.3, 0.4) is 0 Å². The van der Waals surface area contributed by atoms with E-state index in [1.54, 1.807) is 5.38 Å². The summed E-state index contributed by atoms with van der Waals surface area (Å²) in [5.74, 6) is -1.45. The van der Waals surface area contributed by atoms with Crippen LogP contribution in [-0.2, 0) is 36.2 Å². The fourth-order valence-electron chi connectivity index (χ4n) is 4.18. The van der Waals surface area contributed by atoms with Gasteiger partial charge in [0.25, 0.3) is 11.8 Å². The van der Waals surface area contributed by atoms with Gasteiger partial charge in [0.2, 0.25) is 0 Å².